The standard InChI is InChI=1S/C29H34ClN3O2S/c1-19-13-23(14-20(2)28(19)35-29(4,5)21(3)34)17-33(16-22-11-12-36-18-22)27-15-26(31-32(27)6)24-7-9-25(30)10-8-24/h7-13,15,18,20,34H,3,14,16-17H2,1-2,4-6H3. The Morgan fingerprint density at radius 1 is 1.28 bits per heavy atom. The summed E-state index contributed by atoms with van der Waals surface area (Å²) in [5.74, 6) is 2.19. The smallest absolute Gasteiger partial charge is 0.159 e. The molecule has 0 amide bonds. The van der Waals surface area contributed by atoms with Crippen LogP contribution in [0.2, 0.25) is 5.02 Å². The van der Waals surface area contributed by atoms with Gasteiger partial charge in [0, 0.05) is 42.7 Å². The molecule has 7 heteroatoms. The van der Waals surface area contributed by atoms with Crippen LogP contribution in [0.4, 0.5) is 5.82 Å². The van der Waals surface area contributed by atoms with Gasteiger partial charge in [-0.2, -0.15) is 16.4 Å². The van der Waals surface area contributed by atoms with Crippen LogP contribution in [-0.2, 0) is 18.3 Å². The number of aliphatic hydroxyl groups is 1. The largest absolute Gasteiger partial charge is 0.509 e. The van der Waals surface area contributed by atoms with E-state index in [-0.39, 0.29) is 11.7 Å². The molecule has 0 fully saturated rings. The average molecular weight is 524 g/mol. The van der Waals surface area contributed by atoms with Crippen LogP contribution in [0.15, 0.2) is 82.5 Å². The van der Waals surface area contributed by atoms with Gasteiger partial charge in [-0.3, -0.25) is 4.68 Å². The monoisotopic (exact) mass is 523 g/mol. The zero-order valence-corrected chi connectivity index (χ0v) is 23.2. The van der Waals surface area contributed by atoms with Crippen molar-refractivity contribution in [3.8, 4) is 11.3 Å². The molecular formula is C29H34ClN3O2S. The van der Waals surface area contributed by atoms with Crippen LogP contribution >= 0.6 is 22.9 Å². The molecule has 5 nitrogen and oxygen atoms in total. The second kappa shape index (κ2) is 10.6. The van der Waals surface area contributed by atoms with Crippen molar-refractivity contribution in [3.05, 3.63) is 93.1 Å². The molecule has 3 aromatic rings. The fourth-order valence-corrected chi connectivity index (χ4v) is 5.30. The molecule has 0 saturated heterocycles. The maximum Gasteiger partial charge on any atom is 0.159 e. The summed E-state index contributed by atoms with van der Waals surface area (Å²) >= 11 is 7.80. The van der Waals surface area contributed by atoms with E-state index in [1.807, 2.05) is 49.8 Å². The molecule has 0 saturated carbocycles. The zero-order chi connectivity index (χ0) is 26.0. The number of rotatable bonds is 9. The van der Waals surface area contributed by atoms with E-state index in [0.29, 0.717) is 5.02 Å². The van der Waals surface area contributed by atoms with E-state index >= 15 is 0 Å². The number of allylic oxidation sites excluding steroid dienone is 3. The third kappa shape index (κ3) is 5.88. The molecular weight excluding hydrogens is 490 g/mol. The third-order valence-corrected chi connectivity index (χ3v) is 7.54. The molecule has 1 aliphatic carbocycles. The lowest BCUT2D eigenvalue weighted by Gasteiger charge is -2.34. The highest BCUT2D eigenvalue weighted by atomic mass is 35.5. The van der Waals surface area contributed by atoms with Crippen LogP contribution in [0.1, 0.15) is 39.7 Å². The summed E-state index contributed by atoms with van der Waals surface area (Å²) in [6, 6.07) is 12.1. The van der Waals surface area contributed by atoms with Crippen molar-refractivity contribution in [2.45, 2.75) is 46.3 Å². The lowest BCUT2D eigenvalue weighted by atomic mass is 9.89. The Bertz CT molecular complexity index is 1290. The number of ether oxygens (including phenoxy) is 1. The van der Waals surface area contributed by atoms with Gasteiger partial charge in [0.15, 0.2) is 5.60 Å². The van der Waals surface area contributed by atoms with Crippen LogP contribution in [0.5, 0.6) is 0 Å². The maximum atomic E-state index is 9.95. The Kier molecular flexibility index (Phi) is 7.67. The van der Waals surface area contributed by atoms with E-state index in [0.717, 1.165) is 47.9 Å². The second-order valence-corrected chi connectivity index (χ2v) is 11.2. The van der Waals surface area contributed by atoms with E-state index in [2.05, 4.69) is 54.3 Å². The van der Waals surface area contributed by atoms with Crippen LogP contribution in [0.3, 0.4) is 0 Å². The molecule has 1 unspecified atom stereocenters. The summed E-state index contributed by atoms with van der Waals surface area (Å²) in [6.45, 7) is 13.2. The van der Waals surface area contributed by atoms with Gasteiger partial charge in [0.2, 0.25) is 0 Å². The van der Waals surface area contributed by atoms with E-state index in [9.17, 15) is 5.11 Å². The number of hydrogen-bond acceptors (Lipinski definition) is 5. The molecule has 2 aromatic heterocycles. The molecule has 1 N–H and O–H groups in total. The SMILES string of the molecule is C=C(O)C(C)(C)OC1=C(C)C=C(CN(Cc2ccsc2)c2cc(-c3ccc(Cl)cc3)nn2C)CC1C. The van der Waals surface area contributed by atoms with E-state index in [1.165, 1.54) is 11.1 Å². The van der Waals surface area contributed by atoms with Gasteiger partial charge in [0.05, 0.1) is 5.69 Å². The quantitative estimate of drug-likeness (QED) is 0.289. The summed E-state index contributed by atoms with van der Waals surface area (Å²) < 4.78 is 8.17. The van der Waals surface area contributed by atoms with Crippen LogP contribution in [-0.4, -0.2) is 27.0 Å². The lowest BCUT2D eigenvalue weighted by molar-refractivity contribution is 0.0160. The predicted molar refractivity (Wildman–Crippen MR) is 151 cm³/mol. The number of aryl methyl sites for hydroxylation is 1. The molecule has 1 aromatic carbocycles. The molecule has 190 valence electrons. The highest BCUT2D eigenvalue weighted by Crippen LogP contribution is 2.36. The summed E-state index contributed by atoms with van der Waals surface area (Å²) in [7, 11) is 1.99. The Hall–Kier alpha value is -2.96. The van der Waals surface area contributed by atoms with E-state index < -0.39 is 5.60 Å². The van der Waals surface area contributed by atoms with Crippen molar-refractivity contribution in [1.29, 1.82) is 0 Å². The number of anilines is 1. The normalized spacial score (nSPS) is 16.2. The van der Waals surface area contributed by atoms with Crippen molar-refractivity contribution in [1.82, 2.24) is 9.78 Å². The number of hydrogen-bond donors (Lipinski definition) is 1. The van der Waals surface area contributed by atoms with Crippen molar-refractivity contribution >= 4 is 28.8 Å². The summed E-state index contributed by atoms with van der Waals surface area (Å²) in [5.41, 5.74) is 4.82. The van der Waals surface area contributed by atoms with Gasteiger partial charge in [-0.1, -0.05) is 43.3 Å². The second-order valence-electron chi connectivity index (χ2n) is 10.0. The minimum Gasteiger partial charge on any atom is -0.509 e. The fourth-order valence-electron chi connectivity index (χ4n) is 4.52. The summed E-state index contributed by atoms with van der Waals surface area (Å²) in [5, 5.41) is 19.8. The minimum atomic E-state index is -0.825. The molecule has 0 bridgehead atoms. The van der Waals surface area contributed by atoms with E-state index in [1.54, 1.807) is 11.3 Å². The summed E-state index contributed by atoms with van der Waals surface area (Å²) in [4.78, 5) is 2.38. The van der Waals surface area contributed by atoms with Crippen molar-refractivity contribution < 1.29 is 9.84 Å². The van der Waals surface area contributed by atoms with Gasteiger partial charge in [0.1, 0.15) is 17.3 Å². The Labute approximate surface area is 223 Å². The first-order valence-electron chi connectivity index (χ1n) is 12.1. The summed E-state index contributed by atoms with van der Waals surface area (Å²) in [6.07, 6.45) is 3.10. The molecule has 36 heavy (non-hydrogen) atoms. The first-order valence-corrected chi connectivity index (χ1v) is 13.4. The first kappa shape index (κ1) is 26.1. The Balaban J connectivity index is 1.64. The Morgan fingerprint density at radius 3 is 2.61 bits per heavy atom. The van der Waals surface area contributed by atoms with E-state index in [4.69, 9.17) is 21.4 Å². The number of halogens is 1. The molecule has 4 rings (SSSR count). The van der Waals surface area contributed by atoms with Crippen molar-refractivity contribution in [2.24, 2.45) is 13.0 Å². The van der Waals surface area contributed by atoms with Crippen LogP contribution in [0, 0.1) is 5.92 Å². The van der Waals surface area contributed by atoms with Gasteiger partial charge in [0.25, 0.3) is 0 Å². The lowest BCUT2D eigenvalue weighted by Crippen LogP contribution is -2.31. The van der Waals surface area contributed by atoms with Gasteiger partial charge >= 0.3 is 0 Å². The van der Waals surface area contributed by atoms with Gasteiger partial charge in [-0.15, -0.1) is 0 Å². The maximum absolute atomic E-state index is 9.95. The predicted octanol–water partition coefficient (Wildman–Crippen LogP) is 7.92. The van der Waals surface area contributed by atoms with Crippen molar-refractivity contribution in [3.63, 3.8) is 0 Å². The average Bonchev–Trinajstić information content (AvgIpc) is 3.46. The number of nitrogens with zero attached hydrogens (tertiary/aromatic N) is 3. The van der Waals surface area contributed by atoms with Crippen LogP contribution in [0.25, 0.3) is 11.3 Å². The highest BCUT2D eigenvalue weighted by molar-refractivity contribution is 7.07. The van der Waals surface area contributed by atoms with Gasteiger partial charge in [-0.25, -0.2) is 0 Å². The molecule has 0 radical (unpaired) electrons. The highest BCUT2D eigenvalue weighted by Gasteiger charge is 2.30. The molecule has 2 heterocycles. The zero-order valence-electron chi connectivity index (χ0n) is 21.6. The molecule has 1 atom stereocenters. The first-order chi connectivity index (χ1) is 17.0. The number of benzene rings is 1. The fraction of sp³-hybridized carbons (Fsp3) is 0.345. The van der Waals surface area contributed by atoms with Crippen molar-refractivity contribution in [2.75, 3.05) is 11.4 Å². The topological polar surface area (TPSA) is 50.5 Å². The minimum absolute atomic E-state index is 0.0272. The number of aromatic nitrogens is 2. The Morgan fingerprint density at radius 2 is 2.00 bits per heavy atom. The molecule has 0 aliphatic heterocycles. The van der Waals surface area contributed by atoms with Gasteiger partial charge in [-0.05, 0) is 72.9 Å². The number of aliphatic hydroxyl groups excluding tert-OH is 1. The molecule has 1 aliphatic rings. The third-order valence-electron chi connectivity index (χ3n) is 6.55. The number of thiophene rings is 1. The van der Waals surface area contributed by atoms with Crippen LogP contribution < -0.4 is 4.90 Å². The molecule has 0 spiro atoms. The van der Waals surface area contributed by atoms with Gasteiger partial charge < -0.3 is 14.7 Å².